The number of nitrogens with one attached hydrogen (secondary N) is 1. The smallest absolute Gasteiger partial charge is 0.182 e. The molecule has 4 nitrogen and oxygen atoms in total. The van der Waals surface area contributed by atoms with Crippen LogP contribution in [0, 0.1) is 0 Å². The highest BCUT2D eigenvalue weighted by Crippen LogP contribution is 2.38. The molecule has 1 aromatic heterocycles. The van der Waals surface area contributed by atoms with E-state index in [2.05, 4.69) is 10.3 Å². The van der Waals surface area contributed by atoms with Crippen LogP contribution < -0.4 is 14.8 Å². The van der Waals surface area contributed by atoms with Crippen LogP contribution in [0.15, 0.2) is 41.9 Å². The summed E-state index contributed by atoms with van der Waals surface area (Å²) in [6.07, 6.45) is 1.75. The van der Waals surface area contributed by atoms with E-state index >= 15 is 0 Å². The van der Waals surface area contributed by atoms with Crippen LogP contribution in [-0.4, -0.2) is 11.6 Å². The molecule has 0 saturated carbocycles. The van der Waals surface area contributed by atoms with Gasteiger partial charge in [-0.25, -0.2) is 4.98 Å². The minimum Gasteiger partial charge on any atom is -0.490 e. The van der Waals surface area contributed by atoms with Crippen molar-refractivity contribution in [3.63, 3.8) is 0 Å². The van der Waals surface area contributed by atoms with Crippen LogP contribution in [0.5, 0.6) is 11.5 Å². The fourth-order valence-corrected chi connectivity index (χ4v) is 3.68. The molecule has 0 radical (unpaired) electrons. The predicted molar refractivity (Wildman–Crippen MR) is 113 cm³/mol. The minimum absolute atomic E-state index is 0.256. The zero-order valence-corrected chi connectivity index (χ0v) is 17.6. The maximum Gasteiger partial charge on any atom is 0.182 e. The van der Waals surface area contributed by atoms with Gasteiger partial charge in [0.1, 0.15) is 6.61 Å². The van der Waals surface area contributed by atoms with Gasteiger partial charge in [0.25, 0.3) is 0 Å². The lowest BCUT2D eigenvalue weighted by molar-refractivity contribution is 0.269. The van der Waals surface area contributed by atoms with Crippen molar-refractivity contribution in [2.24, 2.45) is 0 Å². The van der Waals surface area contributed by atoms with E-state index in [1.54, 1.807) is 18.3 Å². The number of aromatic nitrogens is 1. The first-order valence-corrected chi connectivity index (χ1v) is 10.2. The fourth-order valence-electron chi connectivity index (χ4n) is 2.40. The Kier molecular flexibility index (Phi) is 7.07. The summed E-state index contributed by atoms with van der Waals surface area (Å²) in [4.78, 5) is 4.20. The summed E-state index contributed by atoms with van der Waals surface area (Å²) in [5.74, 6) is 1.08. The number of halogens is 3. The molecule has 0 fully saturated rings. The first-order chi connectivity index (χ1) is 13.1. The summed E-state index contributed by atoms with van der Waals surface area (Å²) >= 11 is 20.1. The second-order valence-electron chi connectivity index (χ2n) is 5.55. The Balaban J connectivity index is 1.76. The first-order valence-electron chi connectivity index (χ1n) is 8.22. The van der Waals surface area contributed by atoms with E-state index in [0.717, 1.165) is 16.3 Å². The maximum absolute atomic E-state index is 6.46. The minimum atomic E-state index is 0.256. The Hall–Kier alpha value is -1.66. The van der Waals surface area contributed by atoms with Crippen molar-refractivity contribution in [2.45, 2.75) is 20.1 Å². The number of nitrogens with zero attached hydrogens (tertiary/aromatic N) is 1. The molecule has 0 aliphatic rings. The van der Waals surface area contributed by atoms with E-state index < -0.39 is 0 Å². The summed E-state index contributed by atoms with van der Waals surface area (Å²) in [5, 5.41) is 7.61. The lowest BCUT2D eigenvalue weighted by Gasteiger charge is -2.16. The van der Waals surface area contributed by atoms with Gasteiger partial charge in [0.15, 0.2) is 16.6 Å². The third kappa shape index (κ3) is 5.42. The highest BCUT2D eigenvalue weighted by molar-refractivity contribution is 7.13. The molecule has 0 unspecified atom stereocenters. The Morgan fingerprint density at radius 2 is 1.93 bits per heavy atom. The van der Waals surface area contributed by atoms with Gasteiger partial charge in [-0.2, -0.15) is 0 Å². The Bertz CT molecular complexity index is 904. The van der Waals surface area contributed by atoms with Crippen molar-refractivity contribution in [3.8, 4) is 11.5 Å². The number of ether oxygens (including phenoxy) is 2. The quantitative estimate of drug-likeness (QED) is 0.421. The molecule has 0 aliphatic carbocycles. The van der Waals surface area contributed by atoms with Crippen LogP contribution in [0.1, 0.15) is 18.1 Å². The monoisotopic (exact) mass is 442 g/mol. The number of anilines is 1. The molecule has 3 aromatic rings. The van der Waals surface area contributed by atoms with Gasteiger partial charge in [0, 0.05) is 33.7 Å². The molecule has 0 aliphatic heterocycles. The van der Waals surface area contributed by atoms with Crippen molar-refractivity contribution < 1.29 is 9.47 Å². The molecule has 2 aromatic carbocycles. The van der Waals surface area contributed by atoms with E-state index in [-0.39, 0.29) is 6.61 Å². The van der Waals surface area contributed by atoms with Gasteiger partial charge >= 0.3 is 0 Å². The summed E-state index contributed by atoms with van der Waals surface area (Å²) in [6.45, 7) is 3.25. The van der Waals surface area contributed by atoms with Gasteiger partial charge in [-0.15, -0.1) is 11.3 Å². The molecule has 0 saturated heterocycles. The average Bonchev–Trinajstić information content (AvgIpc) is 3.14. The molecule has 27 heavy (non-hydrogen) atoms. The second-order valence-corrected chi connectivity index (χ2v) is 7.70. The summed E-state index contributed by atoms with van der Waals surface area (Å²) in [5.41, 5.74) is 1.78. The van der Waals surface area contributed by atoms with Crippen LogP contribution in [0.3, 0.4) is 0 Å². The summed E-state index contributed by atoms with van der Waals surface area (Å²) < 4.78 is 11.6. The van der Waals surface area contributed by atoms with Crippen LogP contribution in [0.4, 0.5) is 5.13 Å². The fraction of sp³-hybridized carbons (Fsp3) is 0.211. The van der Waals surface area contributed by atoms with Crippen LogP contribution in [0.2, 0.25) is 15.1 Å². The molecule has 0 atom stereocenters. The van der Waals surface area contributed by atoms with Crippen LogP contribution in [-0.2, 0) is 13.2 Å². The molecule has 3 rings (SSSR count). The predicted octanol–water partition coefficient (Wildman–Crippen LogP) is 6.69. The van der Waals surface area contributed by atoms with Gasteiger partial charge in [-0.05, 0) is 36.8 Å². The van der Waals surface area contributed by atoms with Gasteiger partial charge in [0.05, 0.1) is 11.6 Å². The number of rotatable bonds is 8. The first kappa shape index (κ1) is 20.1. The van der Waals surface area contributed by atoms with Crippen molar-refractivity contribution in [3.05, 3.63) is 68.1 Å². The lowest BCUT2D eigenvalue weighted by Crippen LogP contribution is -2.04. The Morgan fingerprint density at radius 3 is 2.63 bits per heavy atom. The van der Waals surface area contributed by atoms with E-state index in [0.29, 0.717) is 39.7 Å². The van der Waals surface area contributed by atoms with Crippen molar-refractivity contribution in [1.29, 1.82) is 0 Å². The number of benzene rings is 2. The zero-order valence-electron chi connectivity index (χ0n) is 14.5. The van der Waals surface area contributed by atoms with Gasteiger partial charge in [-0.3, -0.25) is 0 Å². The molecule has 1 heterocycles. The zero-order chi connectivity index (χ0) is 19.2. The highest BCUT2D eigenvalue weighted by atomic mass is 35.5. The number of hydrogen-bond acceptors (Lipinski definition) is 5. The molecule has 8 heteroatoms. The number of hydrogen-bond donors (Lipinski definition) is 1. The van der Waals surface area contributed by atoms with E-state index in [1.165, 1.54) is 11.3 Å². The standard InChI is InChI=1S/C19H17Cl3N2O2S/c1-2-25-17-8-12(10-24-19-23-5-6-27-19)7-16(22)18(17)26-11-13-3-4-14(20)9-15(13)21/h3-9H,2,10-11H2,1H3,(H,23,24). The molecule has 0 spiro atoms. The molecule has 142 valence electrons. The van der Waals surface area contributed by atoms with Gasteiger partial charge in [0.2, 0.25) is 0 Å². The third-order valence-electron chi connectivity index (χ3n) is 3.63. The second kappa shape index (κ2) is 9.51. The van der Waals surface area contributed by atoms with Gasteiger partial charge < -0.3 is 14.8 Å². The normalized spacial score (nSPS) is 10.7. The van der Waals surface area contributed by atoms with E-state index in [4.69, 9.17) is 44.3 Å². The average molecular weight is 444 g/mol. The third-order valence-corrected chi connectivity index (χ3v) is 5.23. The Labute approximate surface area is 177 Å². The van der Waals surface area contributed by atoms with Crippen molar-refractivity contribution >= 4 is 51.3 Å². The Morgan fingerprint density at radius 1 is 1.07 bits per heavy atom. The SMILES string of the molecule is CCOc1cc(CNc2nccs2)cc(Cl)c1OCc1ccc(Cl)cc1Cl. The maximum atomic E-state index is 6.46. The lowest BCUT2D eigenvalue weighted by atomic mass is 10.2. The molecule has 0 amide bonds. The molecule has 1 N–H and O–H groups in total. The van der Waals surface area contributed by atoms with E-state index in [1.807, 2.05) is 30.5 Å². The largest absolute Gasteiger partial charge is 0.490 e. The van der Waals surface area contributed by atoms with Gasteiger partial charge in [-0.1, -0.05) is 40.9 Å². The molecular formula is C19H17Cl3N2O2S. The topological polar surface area (TPSA) is 43.4 Å². The van der Waals surface area contributed by atoms with Crippen molar-refractivity contribution in [2.75, 3.05) is 11.9 Å². The van der Waals surface area contributed by atoms with Crippen LogP contribution >= 0.6 is 46.1 Å². The molecular weight excluding hydrogens is 427 g/mol. The van der Waals surface area contributed by atoms with E-state index in [9.17, 15) is 0 Å². The highest BCUT2D eigenvalue weighted by Gasteiger charge is 2.14. The van der Waals surface area contributed by atoms with Crippen molar-refractivity contribution in [1.82, 2.24) is 4.98 Å². The van der Waals surface area contributed by atoms with Crippen LogP contribution in [0.25, 0.3) is 0 Å². The number of thiazole rings is 1. The summed E-state index contributed by atoms with van der Waals surface area (Å²) in [6, 6.07) is 9.04. The molecule has 0 bridgehead atoms. The summed E-state index contributed by atoms with van der Waals surface area (Å²) in [7, 11) is 0.